The van der Waals surface area contributed by atoms with E-state index in [9.17, 15) is 13.6 Å². The van der Waals surface area contributed by atoms with Gasteiger partial charge in [-0.05, 0) is 37.8 Å². The first-order valence-electron chi connectivity index (χ1n) is 6.70. The summed E-state index contributed by atoms with van der Waals surface area (Å²) < 4.78 is 32.3. The summed E-state index contributed by atoms with van der Waals surface area (Å²) in [5.74, 6) is -0.827. The second kappa shape index (κ2) is 7.87. The lowest BCUT2D eigenvalue weighted by atomic mass is 10.0. The van der Waals surface area contributed by atoms with E-state index in [0.29, 0.717) is 44.3 Å². The van der Waals surface area contributed by atoms with E-state index in [4.69, 9.17) is 4.74 Å². The van der Waals surface area contributed by atoms with Gasteiger partial charge in [0.2, 0.25) is 0 Å². The Morgan fingerprint density at radius 1 is 1.21 bits per heavy atom. The zero-order valence-electron chi connectivity index (χ0n) is 11.5. The molecule has 0 fully saturated rings. The van der Waals surface area contributed by atoms with Crippen molar-refractivity contribution < 1.29 is 18.3 Å². The van der Waals surface area contributed by atoms with E-state index in [1.165, 1.54) is 6.07 Å². The second-order valence-electron chi connectivity index (χ2n) is 4.41. The number of ether oxygens (including phenoxy) is 1. The second-order valence-corrected chi connectivity index (χ2v) is 4.41. The predicted molar refractivity (Wildman–Crippen MR) is 70.4 cm³/mol. The molecule has 0 aliphatic rings. The molecule has 1 rings (SSSR count). The Morgan fingerprint density at radius 3 is 2.58 bits per heavy atom. The fraction of sp³-hybridized carbons (Fsp3) is 0.533. The van der Waals surface area contributed by atoms with Crippen molar-refractivity contribution in [1.82, 2.24) is 0 Å². The fourth-order valence-corrected chi connectivity index (χ4v) is 1.88. The van der Waals surface area contributed by atoms with Crippen molar-refractivity contribution in [3.8, 4) is 5.75 Å². The standard InChI is InChI=1S/C15H20F2O2/c1-3-13(18)8-6-5-7-11-9-12(16)10-14(15(11)17)19-4-2/h9-10H,3-8H2,1-2H3. The van der Waals surface area contributed by atoms with Crippen LogP contribution in [-0.2, 0) is 11.2 Å². The first-order chi connectivity index (χ1) is 9.08. The highest BCUT2D eigenvalue weighted by atomic mass is 19.1. The lowest BCUT2D eigenvalue weighted by Gasteiger charge is -2.09. The highest BCUT2D eigenvalue weighted by molar-refractivity contribution is 5.77. The summed E-state index contributed by atoms with van der Waals surface area (Å²) in [6, 6.07) is 2.25. The van der Waals surface area contributed by atoms with Gasteiger partial charge < -0.3 is 4.74 Å². The van der Waals surface area contributed by atoms with Gasteiger partial charge in [0.15, 0.2) is 11.6 Å². The minimum absolute atomic E-state index is 0.0397. The average molecular weight is 270 g/mol. The van der Waals surface area contributed by atoms with Crippen LogP contribution in [-0.4, -0.2) is 12.4 Å². The van der Waals surface area contributed by atoms with Gasteiger partial charge in [0.1, 0.15) is 11.6 Å². The molecule has 2 nitrogen and oxygen atoms in total. The molecule has 0 atom stereocenters. The van der Waals surface area contributed by atoms with E-state index in [1.54, 1.807) is 6.92 Å². The number of aryl methyl sites for hydroxylation is 1. The van der Waals surface area contributed by atoms with E-state index >= 15 is 0 Å². The number of carbonyl (C=O) groups is 1. The maximum atomic E-state index is 13.9. The third kappa shape index (κ3) is 4.97. The number of Topliss-reactive ketones (excluding diaryl/α,β-unsaturated/α-hetero) is 1. The summed E-state index contributed by atoms with van der Waals surface area (Å²) in [7, 11) is 0. The van der Waals surface area contributed by atoms with Gasteiger partial charge in [0, 0.05) is 18.9 Å². The summed E-state index contributed by atoms with van der Waals surface area (Å²) >= 11 is 0. The van der Waals surface area contributed by atoms with Crippen LogP contribution in [0.4, 0.5) is 8.78 Å². The lowest BCUT2D eigenvalue weighted by Crippen LogP contribution is -2.01. The molecule has 0 aliphatic carbocycles. The van der Waals surface area contributed by atoms with Crippen molar-refractivity contribution in [3.63, 3.8) is 0 Å². The highest BCUT2D eigenvalue weighted by Gasteiger charge is 2.12. The van der Waals surface area contributed by atoms with Crippen LogP contribution in [0.2, 0.25) is 0 Å². The normalized spacial score (nSPS) is 10.5. The molecule has 0 heterocycles. The minimum Gasteiger partial charge on any atom is -0.491 e. The van der Waals surface area contributed by atoms with Crippen LogP contribution in [0.5, 0.6) is 5.75 Å². The van der Waals surface area contributed by atoms with E-state index in [-0.39, 0.29) is 11.5 Å². The van der Waals surface area contributed by atoms with Crippen molar-refractivity contribution in [2.45, 2.75) is 46.0 Å². The SMILES string of the molecule is CCOc1cc(F)cc(CCCCC(=O)CC)c1F. The number of carbonyl (C=O) groups excluding carboxylic acids is 1. The number of rotatable bonds is 8. The van der Waals surface area contributed by atoms with Gasteiger partial charge in [-0.15, -0.1) is 0 Å². The van der Waals surface area contributed by atoms with Gasteiger partial charge in [-0.25, -0.2) is 8.78 Å². The summed E-state index contributed by atoms with van der Waals surface area (Å²) in [4.78, 5) is 11.1. The molecule has 0 aliphatic heterocycles. The summed E-state index contributed by atoms with van der Waals surface area (Å²) in [6.45, 7) is 3.84. The van der Waals surface area contributed by atoms with Crippen LogP contribution < -0.4 is 4.74 Å². The van der Waals surface area contributed by atoms with E-state index in [1.807, 2.05) is 6.92 Å². The molecule has 0 amide bonds. The number of halogens is 2. The quantitative estimate of drug-likeness (QED) is 0.666. The van der Waals surface area contributed by atoms with Crippen molar-refractivity contribution in [2.24, 2.45) is 0 Å². The van der Waals surface area contributed by atoms with Gasteiger partial charge in [-0.1, -0.05) is 6.92 Å². The number of ketones is 1. The van der Waals surface area contributed by atoms with Crippen molar-refractivity contribution in [3.05, 3.63) is 29.3 Å². The van der Waals surface area contributed by atoms with Crippen molar-refractivity contribution in [1.29, 1.82) is 0 Å². The zero-order chi connectivity index (χ0) is 14.3. The number of hydrogen-bond acceptors (Lipinski definition) is 2. The molecular weight excluding hydrogens is 250 g/mol. The highest BCUT2D eigenvalue weighted by Crippen LogP contribution is 2.24. The lowest BCUT2D eigenvalue weighted by molar-refractivity contribution is -0.118. The molecule has 0 bridgehead atoms. The van der Waals surface area contributed by atoms with Crippen LogP contribution in [0.3, 0.4) is 0 Å². The topological polar surface area (TPSA) is 26.3 Å². The molecule has 0 saturated heterocycles. The van der Waals surface area contributed by atoms with Gasteiger partial charge in [0.05, 0.1) is 6.61 Å². The maximum absolute atomic E-state index is 13.9. The van der Waals surface area contributed by atoms with Gasteiger partial charge in [0.25, 0.3) is 0 Å². The molecule has 0 unspecified atom stereocenters. The molecule has 106 valence electrons. The first-order valence-corrected chi connectivity index (χ1v) is 6.70. The van der Waals surface area contributed by atoms with Crippen LogP contribution in [0, 0.1) is 11.6 Å². The maximum Gasteiger partial charge on any atom is 0.168 e. The van der Waals surface area contributed by atoms with Gasteiger partial charge >= 0.3 is 0 Å². The Hall–Kier alpha value is -1.45. The zero-order valence-corrected chi connectivity index (χ0v) is 11.5. The molecule has 1 aromatic carbocycles. The van der Waals surface area contributed by atoms with Gasteiger partial charge in [-0.2, -0.15) is 0 Å². The first kappa shape index (κ1) is 15.6. The Balaban J connectivity index is 2.60. The molecular formula is C15H20F2O2. The number of unbranched alkanes of at least 4 members (excludes halogenated alkanes) is 1. The summed E-state index contributed by atoms with van der Waals surface area (Å²) in [5.41, 5.74) is 0.312. The molecule has 0 saturated carbocycles. The molecule has 0 spiro atoms. The van der Waals surface area contributed by atoms with E-state index in [0.717, 1.165) is 6.07 Å². The summed E-state index contributed by atoms with van der Waals surface area (Å²) in [5, 5.41) is 0. The predicted octanol–water partition coefficient (Wildman–Crippen LogP) is 4.06. The van der Waals surface area contributed by atoms with Crippen LogP contribution in [0.25, 0.3) is 0 Å². The summed E-state index contributed by atoms with van der Waals surface area (Å²) in [6.07, 6.45) is 2.82. The Morgan fingerprint density at radius 2 is 1.95 bits per heavy atom. The van der Waals surface area contributed by atoms with Crippen molar-refractivity contribution in [2.75, 3.05) is 6.61 Å². The fourth-order valence-electron chi connectivity index (χ4n) is 1.88. The third-order valence-electron chi connectivity index (χ3n) is 2.93. The monoisotopic (exact) mass is 270 g/mol. The Bertz CT molecular complexity index is 430. The molecule has 19 heavy (non-hydrogen) atoms. The van der Waals surface area contributed by atoms with E-state index in [2.05, 4.69) is 0 Å². The molecule has 4 heteroatoms. The smallest absolute Gasteiger partial charge is 0.168 e. The van der Waals surface area contributed by atoms with E-state index < -0.39 is 11.6 Å². The van der Waals surface area contributed by atoms with Crippen LogP contribution >= 0.6 is 0 Å². The molecule has 0 radical (unpaired) electrons. The number of benzene rings is 1. The third-order valence-corrected chi connectivity index (χ3v) is 2.93. The van der Waals surface area contributed by atoms with Crippen LogP contribution in [0.1, 0.15) is 45.1 Å². The Labute approximate surface area is 112 Å². The van der Waals surface area contributed by atoms with Gasteiger partial charge in [-0.3, -0.25) is 4.79 Å². The number of hydrogen-bond donors (Lipinski definition) is 0. The molecule has 0 N–H and O–H groups in total. The largest absolute Gasteiger partial charge is 0.491 e. The van der Waals surface area contributed by atoms with Crippen LogP contribution in [0.15, 0.2) is 12.1 Å². The van der Waals surface area contributed by atoms with Crippen molar-refractivity contribution >= 4 is 5.78 Å². The average Bonchev–Trinajstić information content (AvgIpc) is 2.39. The minimum atomic E-state index is -0.496. The molecule has 0 aromatic heterocycles. The molecule has 1 aromatic rings. The Kier molecular flexibility index (Phi) is 6.46.